The van der Waals surface area contributed by atoms with E-state index in [-0.39, 0.29) is 18.4 Å². The Kier molecular flexibility index (Phi) is 3.98. The predicted octanol–water partition coefficient (Wildman–Crippen LogP) is 0.366. The molecule has 0 bridgehead atoms. The minimum absolute atomic E-state index is 0.00547. The molecule has 0 spiro atoms. The predicted molar refractivity (Wildman–Crippen MR) is 58.0 cm³/mol. The molecule has 1 rings (SSSR count). The van der Waals surface area contributed by atoms with Crippen LogP contribution in [0.25, 0.3) is 0 Å². The zero-order valence-electron chi connectivity index (χ0n) is 9.20. The van der Waals surface area contributed by atoms with Gasteiger partial charge in [-0.3, -0.25) is 14.4 Å². The lowest BCUT2D eigenvalue weighted by atomic mass is 10.2. The molecular formula is C9H16N2O3S. The van der Waals surface area contributed by atoms with Crippen LogP contribution >= 0.6 is 11.8 Å². The molecular weight excluding hydrogens is 216 g/mol. The van der Waals surface area contributed by atoms with E-state index in [2.05, 4.69) is 5.48 Å². The second-order valence-electron chi connectivity index (χ2n) is 4.31. The number of amides is 2. The Labute approximate surface area is 93.5 Å². The van der Waals surface area contributed by atoms with E-state index in [1.165, 1.54) is 16.7 Å². The van der Waals surface area contributed by atoms with E-state index < -0.39 is 5.60 Å². The summed E-state index contributed by atoms with van der Waals surface area (Å²) in [7, 11) is 0. The molecule has 1 saturated heterocycles. The summed E-state index contributed by atoms with van der Waals surface area (Å²) in [5, 5.41) is 0. The summed E-state index contributed by atoms with van der Waals surface area (Å²) in [5.41, 5.74) is 1.91. The van der Waals surface area contributed by atoms with Crippen molar-refractivity contribution in [3.05, 3.63) is 0 Å². The van der Waals surface area contributed by atoms with Crippen LogP contribution in [0.15, 0.2) is 0 Å². The third-order valence-corrected chi connectivity index (χ3v) is 2.58. The van der Waals surface area contributed by atoms with Gasteiger partial charge >= 0.3 is 0 Å². The number of carbonyl (C=O) groups is 2. The molecule has 0 aromatic heterocycles. The van der Waals surface area contributed by atoms with Crippen molar-refractivity contribution in [2.75, 3.05) is 18.2 Å². The highest BCUT2D eigenvalue weighted by atomic mass is 32.2. The van der Waals surface area contributed by atoms with Gasteiger partial charge in [0.25, 0.3) is 5.91 Å². The molecule has 86 valence electrons. The summed E-state index contributed by atoms with van der Waals surface area (Å²) in [6.07, 6.45) is 0. The minimum atomic E-state index is -0.417. The first-order chi connectivity index (χ1) is 6.88. The van der Waals surface area contributed by atoms with Gasteiger partial charge in [-0.25, -0.2) is 5.48 Å². The van der Waals surface area contributed by atoms with Crippen molar-refractivity contribution in [2.24, 2.45) is 0 Å². The molecule has 0 radical (unpaired) electrons. The molecule has 0 saturated carbocycles. The molecule has 0 aromatic carbocycles. The third-order valence-electron chi connectivity index (χ3n) is 1.63. The number of thioether (sulfide) groups is 1. The van der Waals surface area contributed by atoms with Gasteiger partial charge in [0.05, 0.1) is 17.2 Å². The monoisotopic (exact) mass is 232 g/mol. The number of nitrogens with zero attached hydrogens (tertiary/aromatic N) is 1. The maximum Gasteiger partial charge on any atom is 0.263 e. The molecule has 1 N–H and O–H groups in total. The van der Waals surface area contributed by atoms with Gasteiger partial charge in [0, 0.05) is 0 Å². The Balaban J connectivity index is 2.27. The molecule has 0 aliphatic carbocycles. The quantitative estimate of drug-likeness (QED) is 0.714. The van der Waals surface area contributed by atoms with Gasteiger partial charge < -0.3 is 4.90 Å². The highest BCUT2D eigenvalue weighted by molar-refractivity contribution is 8.00. The van der Waals surface area contributed by atoms with Crippen LogP contribution < -0.4 is 5.48 Å². The molecule has 0 atom stereocenters. The van der Waals surface area contributed by atoms with Crippen molar-refractivity contribution in [3.8, 4) is 0 Å². The van der Waals surface area contributed by atoms with Crippen molar-refractivity contribution < 1.29 is 14.4 Å². The topological polar surface area (TPSA) is 58.6 Å². The first-order valence-electron chi connectivity index (χ1n) is 4.71. The van der Waals surface area contributed by atoms with Crippen molar-refractivity contribution in [2.45, 2.75) is 26.4 Å². The van der Waals surface area contributed by atoms with Gasteiger partial charge in [-0.2, -0.15) is 0 Å². The fourth-order valence-electron chi connectivity index (χ4n) is 0.956. The van der Waals surface area contributed by atoms with Crippen molar-refractivity contribution in [3.63, 3.8) is 0 Å². The number of hydroxylamine groups is 1. The average Bonchev–Trinajstić information content (AvgIpc) is 2.47. The molecule has 1 heterocycles. The zero-order chi connectivity index (χ0) is 11.5. The van der Waals surface area contributed by atoms with E-state index in [9.17, 15) is 9.59 Å². The first kappa shape index (κ1) is 12.3. The fraction of sp³-hybridized carbons (Fsp3) is 0.778. The lowest BCUT2D eigenvalue weighted by Crippen LogP contribution is -2.41. The number of hydrogen-bond donors (Lipinski definition) is 1. The number of carbonyl (C=O) groups excluding carboxylic acids is 2. The van der Waals surface area contributed by atoms with Gasteiger partial charge in [0.15, 0.2) is 0 Å². The second kappa shape index (κ2) is 4.85. The molecule has 6 heteroatoms. The Morgan fingerprint density at radius 2 is 2.27 bits per heavy atom. The molecule has 15 heavy (non-hydrogen) atoms. The highest BCUT2D eigenvalue weighted by Crippen LogP contribution is 2.14. The largest absolute Gasteiger partial charge is 0.323 e. The zero-order valence-corrected chi connectivity index (χ0v) is 10.0. The summed E-state index contributed by atoms with van der Waals surface area (Å²) >= 11 is 1.51. The highest BCUT2D eigenvalue weighted by Gasteiger charge is 2.23. The van der Waals surface area contributed by atoms with E-state index in [0.29, 0.717) is 11.6 Å². The molecule has 1 aliphatic heterocycles. The number of nitrogens with one attached hydrogen (secondary N) is 1. The smallest absolute Gasteiger partial charge is 0.263 e. The summed E-state index contributed by atoms with van der Waals surface area (Å²) in [6, 6.07) is 0. The number of hydrogen-bond acceptors (Lipinski definition) is 4. The molecule has 5 nitrogen and oxygen atoms in total. The van der Waals surface area contributed by atoms with Crippen molar-refractivity contribution in [1.82, 2.24) is 10.4 Å². The Bertz CT molecular complexity index is 263. The van der Waals surface area contributed by atoms with Gasteiger partial charge in [-0.15, -0.1) is 11.8 Å². The summed E-state index contributed by atoms with van der Waals surface area (Å²) in [6.45, 7) is 5.58. The van der Waals surface area contributed by atoms with Crippen molar-refractivity contribution in [1.29, 1.82) is 0 Å². The van der Waals surface area contributed by atoms with Gasteiger partial charge in [0.2, 0.25) is 5.91 Å². The van der Waals surface area contributed by atoms with Crippen LogP contribution in [0.5, 0.6) is 0 Å². The van der Waals surface area contributed by atoms with Gasteiger partial charge in [0.1, 0.15) is 6.54 Å². The molecule has 1 aliphatic rings. The Morgan fingerprint density at radius 1 is 1.60 bits per heavy atom. The van der Waals surface area contributed by atoms with Crippen molar-refractivity contribution >= 4 is 23.6 Å². The third kappa shape index (κ3) is 4.53. The van der Waals surface area contributed by atoms with E-state index in [4.69, 9.17) is 4.84 Å². The van der Waals surface area contributed by atoms with E-state index in [1.54, 1.807) is 0 Å². The van der Waals surface area contributed by atoms with Gasteiger partial charge in [-0.05, 0) is 20.8 Å². The Morgan fingerprint density at radius 3 is 2.73 bits per heavy atom. The summed E-state index contributed by atoms with van der Waals surface area (Å²) in [4.78, 5) is 29.1. The Hall–Kier alpha value is -0.750. The molecule has 1 fully saturated rings. The van der Waals surface area contributed by atoms with Crippen LogP contribution in [0.2, 0.25) is 0 Å². The van der Waals surface area contributed by atoms with Gasteiger partial charge in [-0.1, -0.05) is 0 Å². The van der Waals surface area contributed by atoms with Crippen LogP contribution in [-0.2, 0) is 14.4 Å². The van der Waals surface area contributed by atoms with Crippen LogP contribution in [0.4, 0.5) is 0 Å². The van der Waals surface area contributed by atoms with Crippen LogP contribution in [-0.4, -0.2) is 40.5 Å². The average molecular weight is 232 g/mol. The maximum absolute atomic E-state index is 11.4. The molecule has 0 aromatic rings. The first-order valence-corrected chi connectivity index (χ1v) is 5.86. The van der Waals surface area contributed by atoms with Crippen LogP contribution in [0, 0.1) is 0 Å². The van der Waals surface area contributed by atoms with E-state index >= 15 is 0 Å². The summed E-state index contributed by atoms with van der Waals surface area (Å²) < 4.78 is 0. The molecule has 0 unspecified atom stereocenters. The maximum atomic E-state index is 11.4. The van der Waals surface area contributed by atoms with Crippen LogP contribution in [0.3, 0.4) is 0 Å². The summed E-state index contributed by atoms with van der Waals surface area (Å²) in [5.74, 6) is 0.765. The normalized spacial score (nSPS) is 17.0. The standard InChI is InChI=1S/C9H16N2O3S/c1-9(2,3)14-10-7(12)4-11-6-15-5-8(11)13/h4-6H2,1-3H3,(H,10,12). The fourth-order valence-corrected chi connectivity index (χ4v) is 1.86. The second-order valence-corrected chi connectivity index (χ2v) is 5.26. The van der Waals surface area contributed by atoms with E-state index in [1.807, 2.05) is 20.8 Å². The molecule has 2 amide bonds. The van der Waals surface area contributed by atoms with E-state index in [0.717, 1.165) is 0 Å². The van der Waals surface area contributed by atoms with Crippen LogP contribution in [0.1, 0.15) is 20.8 Å². The lowest BCUT2D eigenvalue weighted by molar-refractivity contribution is -0.148. The SMILES string of the molecule is CC(C)(C)ONC(=O)CN1CSCC1=O. The minimum Gasteiger partial charge on any atom is -0.323 e. The number of rotatable bonds is 3. The lowest BCUT2D eigenvalue weighted by Gasteiger charge is -2.20.